The maximum absolute atomic E-state index is 10.9. The van der Waals surface area contributed by atoms with Gasteiger partial charge in [0.2, 0.25) is 0 Å². The van der Waals surface area contributed by atoms with Crippen LogP contribution in [-0.2, 0) is 0 Å². The van der Waals surface area contributed by atoms with Crippen molar-refractivity contribution in [3.05, 3.63) is 58.1 Å². The van der Waals surface area contributed by atoms with Crippen LogP contribution in [0.3, 0.4) is 0 Å². The molecule has 86 valence electrons. The Hall–Kier alpha value is -1.51. The van der Waals surface area contributed by atoms with Crippen molar-refractivity contribution in [3.8, 4) is 11.5 Å². The van der Waals surface area contributed by atoms with Gasteiger partial charge in [0.1, 0.15) is 5.75 Å². The number of carbonyl (C=O) groups is 1. The molecular formula is C13H8Cl2O2. The van der Waals surface area contributed by atoms with Crippen LogP contribution in [0.4, 0.5) is 0 Å². The zero-order valence-corrected chi connectivity index (χ0v) is 10.2. The minimum Gasteiger partial charge on any atom is -0.453 e. The molecule has 0 aliphatic heterocycles. The quantitative estimate of drug-likeness (QED) is 0.760. The lowest BCUT2D eigenvalue weighted by Gasteiger charge is -2.10. The van der Waals surface area contributed by atoms with Crippen molar-refractivity contribution < 1.29 is 9.53 Å². The van der Waals surface area contributed by atoms with Gasteiger partial charge in [-0.1, -0.05) is 41.4 Å². The predicted octanol–water partition coefficient (Wildman–Crippen LogP) is 4.60. The number of aldehydes is 1. The Labute approximate surface area is 109 Å². The lowest BCUT2D eigenvalue weighted by atomic mass is 10.2. The number of carbonyl (C=O) groups excluding carboxylic acids is 1. The van der Waals surface area contributed by atoms with Crippen molar-refractivity contribution in [3.63, 3.8) is 0 Å². The highest BCUT2D eigenvalue weighted by atomic mass is 35.5. The van der Waals surface area contributed by atoms with Crippen molar-refractivity contribution in [2.75, 3.05) is 0 Å². The van der Waals surface area contributed by atoms with Gasteiger partial charge in [-0.05, 0) is 24.3 Å². The lowest BCUT2D eigenvalue weighted by Crippen LogP contribution is -1.91. The highest BCUT2D eigenvalue weighted by molar-refractivity contribution is 6.33. The van der Waals surface area contributed by atoms with Crippen LogP contribution < -0.4 is 4.74 Å². The molecular weight excluding hydrogens is 259 g/mol. The summed E-state index contributed by atoms with van der Waals surface area (Å²) in [5.74, 6) is 0.780. The molecule has 2 aromatic rings. The highest BCUT2D eigenvalue weighted by Crippen LogP contribution is 2.35. The second-order valence-electron chi connectivity index (χ2n) is 3.31. The van der Waals surface area contributed by atoms with E-state index in [0.29, 0.717) is 33.4 Å². The van der Waals surface area contributed by atoms with E-state index in [-0.39, 0.29) is 0 Å². The zero-order chi connectivity index (χ0) is 12.3. The van der Waals surface area contributed by atoms with E-state index in [4.69, 9.17) is 27.9 Å². The van der Waals surface area contributed by atoms with Gasteiger partial charge in [-0.25, -0.2) is 0 Å². The SMILES string of the molecule is O=Cc1cccc(Cl)c1Oc1ccccc1Cl. The molecule has 17 heavy (non-hydrogen) atoms. The summed E-state index contributed by atoms with van der Waals surface area (Å²) in [5.41, 5.74) is 0.386. The maximum atomic E-state index is 10.9. The highest BCUT2D eigenvalue weighted by Gasteiger charge is 2.10. The third-order valence-electron chi connectivity index (χ3n) is 2.17. The minimum absolute atomic E-state index is 0.317. The van der Waals surface area contributed by atoms with Crippen LogP contribution in [0.5, 0.6) is 11.5 Å². The number of hydrogen-bond donors (Lipinski definition) is 0. The summed E-state index contributed by atoms with van der Waals surface area (Å²) in [5, 5.41) is 0.832. The number of para-hydroxylation sites is 2. The molecule has 0 spiro atoms. The van der Waals surface area contributed by atoms with E-state index in [1.165, 1.54) is 0 Å². The number of hydrogen-bond acceptors (Lipinski definition) is 2. The molecule has 0 aliphatic carbocycles. The van der Waals surface area contributed by atoms with Crippen molar-refractivity contribution >= 4 is 29.5 Å². The summed E-state index contributed by atoms with van der Waals surface area (Å²) in [6.45, 7) is 0. The molecule has 0 heterocycles. The molecule has 0 atom stereocenters. The van der Waals surface area contributed by atoms with Gasteiger partial charge in [-0.3, -0.25) is 4.79 Å². The molecule has 0 amide bonds. The number of rotatable bonds is 3. The van der Waals surface area contributed by atoms with Crippen molar-refractivity contribution in [1.29, 1.82) is 0 Å². The minimum atomic E-state index is 0.317. The fourth-order valence-corrected chi connectivity index (χ4v) is 1.76. The fourth-order valence-electron chi connectivity index (χ4n) is 1.36. The van der Waals surface area contributed by atoms with Crippen LogP contribution in [0.15, 0.2) is 42.5 Å². The summed E-state index contributed by atoms with van der Waals surface area (Å²) < 4.78 is 5.57. The zero-order valence-electron chi connectivity index (χ0n) is 8.69. The summed E-state index contributed by atoms with van der Waals surface area (Å²) in [6.07, 6.45) is 0.693. The Morgan fingerprint density at radius 1 is 0.941 bits per heavy atom. The Bertz CT molecular complexity index is 553. The second kappa shape index (κ2) is 5.21. The molecule has 0 aromatic heterocycles. The Kier molecular flexibility index (Phi) is 3.67. The van der Waals surface area contributed by atoms with E-state index >= 15 is 0 Å². The van der Waals surface area contributed by atoms with Crippen LogP contribution in [0.25, 0.3) is 0 Å². The van der Waals surface area contributed by atoms with Gasteiger partial charge in [0.15, 0.2) is 12.0 Å². The first kappa shape index (κ1) is 12.0. The van der Waals surface area contributed by atoms with Gasteiger partial charge in [-0.2, -0.15) is 0 Å². The van der Waals surface area contributed by atoms with E-state index in [1.807, 2.05) is 0 Å². The Morgan fingerprint density at radius 3 is 2.35 bits per heavy atom. The van der Waals surface area contributed by atoms with Crippen LogP contribution in [0.1, 0.15) is 10.4 Å². The summed E-state index contributed by atoms with van der Waals surface area (Å²) in [6, 6.07) is 12.0. The van der Waals surface area contributed by atoms with Gasteiger partial charge in [0.05, 0.1) is 15.6 Å². The largest absolute Gasteiger partial charge is 0.453 e. The molecule has 0 aliphatic rings. The average Bonchev–Trinajstić information content (AvgIpc) is 2.34. The topological polar surface area (TPSA) is 26.3 Å². The normalized spacial score (nSPS) is 10.0. The summed E-state index contributed by atoms with van der Waals surface area (Å²) in [4.78, 5) is 10.9. The lowest BCUT2D eigenvalue weighted by molar-refractivity contribution is 0.112. The van der Waals surface area contributed by atoms with Crippen LogP contribution in [-0.4, -0.2) is 6.29 Å². The van der Waals surface area contributed by atoms with Crippen molar-refractivity contribution in [2.45, 2.75) is 0 Å². The summed E-state index contributed by atoms with van der Waals surface area (Å²) >= 11 is 11.9. The van der Waals surface area contributed by atoms with Crippen molar-refractivity contribution in [2.24, 2.45) is 0 Å². The monoisotopic (exact) mass is 266 g/mol. The Balaban J connectivity index is 2.43. The third kappa shape index (κ3) is 2.60. The molecule has 0 radical (unpaired) electrons. The van der Waals surface area contributed by atoms with Gasteiger partial charge >= 0.3 is 0 Å². The van der Waals surface area contributed by atoms with Crippen LogP contribution in [0, 0.1) is 0 Å². The van der Waals surface area contributed by atoms with E-state index in [2.05, 4.69) is 0 Å². The van der Waals surface area contributed by atoms with Crippen LogP contribution >= 0.6 is 23.2 Å². The smallest absolute Gasteiger partial charge is 0.156 e. The molecule has 0 N–H and O–H groups in total. The molecule has 0 saturated carbocycles. The van der Waals surface area contributed by atoms with E-state index in [0.717, 1.165) is 0 Å². The predicted molar refractivity (Wildman–Crippen MR) is 68.4 cm³/mol. The van der Waals surface area contributed by atoms with E-state index in [1.54, 1.807) is 42.5 Å². The van der Waals surface area contributed by atoms with Gasteiger partial charge in [0, 0.05) is 0 Å². The number of halogens is 2. The maximum Gasteiger partial charge on any atom is 0.156 e. The summed E-state index contributed by atoms with van der Waals surface area (Å²) in [7, 11) is 0. The molecule has 0 bridgehead atoms. The third-order valence-corrected chi connectivity index (χ3v) is 2.78. The number of benzene rings is 2. The van der Waals surface area contributed by atoms with Gasteiger partial charge in [0.25, 0.3) is 0 Å². The van der Waals surface area contributed by atoms with E-state index in [9.17, 15) is 4.79 Å². The molecule has 2 nitrogen and oxygen atoms in total. The molecule has 0 saturated heterocycles. The molecule has 2 rings (SSSR count). The average molecular weight is 267 g/mol. The van der Waals surface area contributed by atoms with Gasteiger partial charge in [-0.15, -0.1) is 0 Å². The second-order valence-corrected chi connectivity index (χ2v) is 4.12. The first-order valence-corrected chi connectivity index (χ1v) is 5.64. The molecule has 2 aromatic carbocycles. The van der Waals surface area contributed by atoms with Gasteiger partial charge < -0.3 is 4.74 Å². The van der Waals surface area contributed by atoms with Crippen molar-refractivity contribution in [1.82, 2.24) is 0 Å². The molecule has 4 heteroatoms. The first-order chi connectivity index (χ1) is 8.22. The van der Waals surface area contributed by atoms with E-state index < -0.39 is 0 Å². The first-order valence-electron chi connectivity index (χ1n) is 4.88. The Morgan fingerprint density at radius 2 is 1.65 bits per heavy atom. The molecule has 0 unspecified atom stereocenters. The number of ether oxygens (including phenoxy) is 1. The molecule has 0 fully saturated rings. The standard InChI is InChI=1S/C13H8Cl2O2/c14-10-5-1-2-7-12(10)17-13-9(8-16)4-3-6-11(13)15/h1-8H. The fraction of sp³-hybridized carbons (Fsp3) is 0. The van der Waals surface area contributed by atoms with Crippen LogP contribution in [0.2, 0.25) is 10.0 Å².